The molecule has 0 radical (unpaired) electrons. The highest BCUT2D eigenvalue weighted by molar-refractivity contribution is 5.04. The van der Waals surface area contributed by atoms with E-state index in [4.69, 9.17) is 15.0 Å². The lowest BCUT2D eigenvalue weighted by Gasteiger charge is -2.18. The topological polar surface area (TPSA) is 74.2 Å². The third kappa shape index (κ3) is 3.78. The van der Waals surface area contributed by atoms with Crippen molar-refractivity contribution in [2.75, 3.05) is 13.7 Å². The molecule has 18 heavy (non-hydrogen) atoms. The minimum absolute atomic E-state index is 0.347. The number of rotatable bonds is 8. The van der Waals surface area contributed by atoms with Crippen LogP contribution in [0.3, 0.4) is 0 Å². The summed E-state index contributed by atoms with van der Waals surface area (Å²) < 4.78 is 10.4. The van der Waals surface area contributed by atoms with Crippen LogP contribution in [0.4, 0.5) is 0 Å². The summed E-state index contributed by atoms with van der Waals surface area (Å²) in [5, 5.41) is 4.00. The minimum atomic E-state index is -0.695. The normalized spacial score (nSPS) is 15.0. The second kappa shape index (κ2) is 6.85. The van der Waals surface area contributed by atoms with Gasteiger partial charge in [-0.2, -0.15) is 4.98 Å². The van der Waals surface area contributed by atoms with Crippen LogP contribution >= 0.6 is 0 Å². The van der Waals surface area contributed by atoms with Crippen LogP contribution in [0.5, 0.6) is 0 Å². The molecule has 0 aromatic carbocycles. The maximum Gasteiger partial charge on any atom is 0.229 e. The fourth-order valence-corrected chi connectivity index (χ4v) is 2.09. The Morgan fingerprint density at radius 3 is 2.44 bits per heavy atom. The van der Waals surface area contributed by atoms with Crippen molar-refractivity contribution in [2.45, 2.75) is 57.9 Å². The SMILES string of the molecule is CCCC(CCC)c1nc(C(C)(N)COC)no1. The Bertz CT molecular complexity index is 344. The molecule has 5 nitrogen and oxygen atoms in total. The molecule has 0 saturated carbocycles. The highest BCUT2D eigenvalue weighted by Crippen LogP contribution is 2.26. The third-order valence-electron chi connectivity index (χ3n) is 3.02. The first kappa shape index (κ1) is 15.1. The van der Waals surface area contributed by atoms with Crippen molar-refractivity contribution in [1.82, 2.24) is 10.1 Å². The molecular formula is C13H25N3O2. The summed E-state index contributed by atoms with van der Waals surface area (Å²) >= 11 is 0. The smallest absolute Gasteiger partial charge is 0.229 e. The van der Waals surface area contributed by atoms with Crippen LogP contribution in [0, 0.1) is 0 Å². The summed E-state index contributed by atoms with van der Waals surface area (Å²) in [7, 11) is 1.61. The zero-order valence-corrected chi connectivity index (χ0v) is 11.9. The highest BCUT2D eigenvalue weighted by atomic mass is 16.5. The Morgan fingerprint density at radius 2 is 1.94 bits per heavy atom. The Labute approximate surface area is 109 Å². The number of hydrogen-bond donors (Lipinski definition) is 1. The molecule has 5 heteroatoms. The van der Waals surface area contributed by atoms with Crippen molar-refractivity contribution < 1.29 is 9.26 Å². The average molecular weight is 255 g/mol. The van der Waals surface area contributed by atoms with Gasteiger partial charge in [0.2, 0.25) is 5.89 Å². The fourth-order valence-electron chi connectivity index (χ4n) is 2.09. The van der Waals surface area contributed by atoms with Crippen molar-refractivity contribution in [1.29, 1.82) is 0 Å². The maximum atomic E-state index is 6.10. The van der Waals surface area contributed by atoms with Gasteiger partial charge in [-0.1, -0.05) is 31.8 Å². The van der Waals surface area contributed by atoms with Gasteiger partial charge in [0.05, 0.1) is 6.61 Å². The largest absolute Gasteiger partial charge is 0.382 e. The first-order valence-corrected chi connectivity index (χ1v) is 6.67. The van der Waals surface area contributed by atoms with E-state index < -0.39 is 5.54 Å². The van der Waals surface area contributed by atoms with E-state index >= 15 is 0 Å². The summed E-state index contributed by atoms with van der Waals surface area (Å²) in [6, 6.07) is 0. The summed E-state index contributed by atoms with van der Waals surface area (Å²) in [6.45, 7) is 6.55. The van der Waals surface area contributed by atoms with E-state index in [0.29, 0.717) is 24.2 Å². The quantitative estimate of drug-likeness (QED) is 0.772. The van der Waals surface area contributed by atoms with Crippen molar-refractivity contribution in [3.05, 3.63) is 11.7 Å². The molecule has 1 heterocycles. The molecule has 0 aliphatic rings. The Kier molecular flexibility index (Phi) is 5.75. The molecule has 1 atom stereocenters. The first-order chi connectivity index (χ1) is 8.55. The van der Waals surface area contributed by atoms with E-state index in [1.54, 1.807) is 7.11 Å². The van der Waals surface area contributed by atoms with Crippen LogP contribution in [0.1, 0.15) is 64.1 Å². The molecule has 0 spiro atoms. The molecule has 0 amide bonds. The van der Waals surface area contributed by atoms with Gasteiger partial charge in [0, 0.05) is 13.0 Å². The fraction of sp³-hybridized carbons (Fsp3) is 0.846. The van der Waals surface area contributed by atoms with Crippen molar-refractivity contribution in [3.8, 4) is 0 Å². The highest BCUT2D eigenvalue weighted by Gasteiger charge is 2.29. The number of nitrogens with zero attached hydrogens (tertiary/aromatic N) is 2. The lowest BCUT2D eigenvalue weighted by Crippen LogP contribution is -2.39. The average Bonchev–Trinajstić information content (AvgIpc) is 2.78. The molecule has 104 valence electrons. The number of ether oxygens (including phenoxy) is 1. The van der Waals surface area contributed by atoms with E-state index in [2.05, 4.69) is 24.0 Å². The molecule has 1 aromatic heterocycles. The first-order valence-electron chi connectivity index (χ1n) is 6.67. The zero-order chi connectivity index (χ0) is 13.6. The molecule has 0 saturated heterocycles. The van der Waals surface area contributed by atoms with Gasteiger partial charge < -0.3 is 15.0 Å². The molecular weight excluding hydrogens is 230 g/mol. The van der Waals surface area contributed by atoms with Gasteiger partial charge in [-0.15, -0.1) is 0 Å². The van der Waals surface area contributed by atoms with E-state index in [9.17, 15) is 0 Å². The summed E-state index contributed by atoms with van der Waals surface area (Å²) in [5.74, 6) is 1.58. The lowest BCUT2D eigenvalue weighted by atomic mass is 9.98. The van der Waals surface area contributed by atoms with Crippen molar-refractivity contribution >= 4 is 0 Å². The van der Waals surface area contributed by atoms with Gasteiger partial charge in [0.15, 0.2) is 5.82 Å². The van der Waals surface area contributed by atoms with Gasteiger partial charge in [0.25, 0.3) is 0 Å². The molecule has 1 unspecified atom stereocenters. The molecule has 2 N–H and O–H groups in total. The standard InChI is InChI=1S/C13H25N3O2/c1-5-7-10(8-6-2)11-15-12(16-18-11)13(3,14)9-17-4/h10H,5-9,14H2,1-4H3. The van der Waals surface area contributed by atoms with Crippen LogP contribution in [-0.4, -0.2) is 23.9 Å². The van der Waals surface area contributed by atoms with Gasteiger partial charge >= 0.3 is 0 Å². The van der Waals surface area contributed by atoms with Crippen molar-refractivity contribution in [2.24, 2.45) is 5.73 Å². The van der Waals surface area contributed by atoms with Crippen LogP contribution in [0.15, 0.2) is 4.52 Å². The predicted octanol–water partition coefficient (Wildman–Crippen LogP) is 2.57. The molecule has 1 aromatic rings. The van der Waals surface area contributed by atoms with Crippen LogP contribution in [0.2, 0.25) is 0 Å². The van der Waals surface area contributed by atoms with Crippen LogP contribution in [-0.2, 0) is 10.3 Å². The zero-order valence-electron chi connectivity index (χ0n) is 11.9. The van der Waals surface area contributed by atoms with Crippen LogP contribution in [0.25, 0.3) is 0 Å². The van der Waals surface area contributed by atoms with E-state index in [1.807, 2.05) is 6.92 Å². The number of nitrogens with two attached hydrogens (primary N) is 1. The Hall–Kier alpha value is -0.940. The second-order valence-electron chi connectivity index (χ2n) is 5.08. The maximum absolute atomic E-state index is 6.10. The molecule has 1 rings (SSSR count). The lowest BCUT2D eigenvalue weighted by molar-refractivity contribution is 0.135. The molecule has 0 fully saturated rings. The van der Waals surface area contributed by atoms with E-state index in [0.717, 1.165) is 25.7 Å². The van der Waals surface area contributed by atoms with E-state index in [1.165, 1.54) is 0 Å². The van der Waals surface area contributed by atoms with Gasteiger partial charge in [0.1, 0.15) is 5.54 Å². The van der Waals surface area contributed by atoms with Gasteiger partial charge in [-0.3, -0.25) is 0 Å². The number of methoxy groups -OCH3 is 1. The van der Waals surface area contributed by atoms with Gasteiger partial charge in [-0.05, 0) is 19.8 Å². The molecule has 0 bridgehead atoms. The Morgan fingerprint density at radius 1 is 1.33 bits per heavy atom. The minimum Gasteiger partial charge on any atom is -0.382 e. The van der Waals surface area contributed by atoms with Crippen LogP contribution < -0.4 is 5.73 Å². The third-order valence-corrected chi connectivity index (χ3v) is 3.02. The Balaban J connectivity index is 2.83. The molecule has 0 aliphatic heterocycles. The summed E-state index contributed by atoms with van der Waals surface area (Å²) in [5.41, 5.74) is 5.41. The molecule has 0 aliphatic carbocycles. The number of hydrogen-bond acceptors (Lipinski definition) is 5. The number of aromatic nitrogens is 2. The van der Waals surface area contributed by atoms with Crippen molar-refractivity contribution in [3.63, 3.8) is 0 Å². The predicted molar refractivity (Wildman–Crippen MR) is 70.3 cm³/mol. The van der Waals surface area contributed by atoms with E-state index in [-0.39, 0.29) is 0 Å². The summed E-state index contributed by atoms with van der Waals surface area (Å²) in [6.07, 6.45) is 4.36. The summed E-state index contributed by atoms with van der Waals surface area (Å²) in [4.78, 5) is 4.46. The monoisotopic (exact) mass is 255 g/mol. The second-order valence-corrected chi connectivity index (χ2v) is 5.08. The van der Waals surface area contributed by atoms with Gasteiger partial charge in [-0.25, -0.2) is 0 Å².